The molecule has 3 rings (SSSR count). The van der Waals surface area contributed by atoms with Gasteiger partial charge in [0.2, 0.25) is 5.91 Å². The molecule has 0 aromatic heterocycles. The average Bonchev–Trinajstić information content (AvgIpc) is 2.67. The number of amides is 1. The Balaban J connectivity index is 1.56. The van der Waals surface area contributed by atoms with Crippen molar-refractivity contribution in [2.24, 2.45) is 5.73 Å². The number of benzene rings is 2. The van der Waals surface area contributed by atoms with Crippen LogP contribution >= 0.6 is 0 Å². The zero-order valence-corrected chi connectivity index (χ0v) is 14.6. The standard InChI is InChI=1S/C20H25N3O2/c1-25-19-9-5-4-8-18(19)23-14-12-22(13-15-23)11-10-16-6-2-3-7-17(16)20(21)24/h2-9H,10-15H2,1H3,(H2,21,24). The van der Waals surface area contributed by atoms with Crippen molar-refractivity contribution < 1.29 is 9.53 Å². The molecule has 132 valence electrons. The number of para-hydroxylation sites is 2. The van der Waals surface area contributed by atoms with E-state index in [1.54, 1.807) is 13.2 Å². The molecule has 0 radical (unpaired) electrons. The molecule has 0 aliphatic carbocycles. The predicted octanol–water partition coefficient (Wildman–Crippen LogP) is 2.16. The van der Waals surface area contributed by atoms with Crippen LogP contribution in [-0.4, -0.2) is 50.6 Å². The van der Waals surface area contributed by atoms with Crippen LogP contribution in [0.4, 0.5) is 5.69 Å². The van der Waals surface area contributed by atoms with E-state index in [1.165, 1.54) is 0 Å². The van der Waals surface area contributed by atoms with Crippen molar-refractivity contribution in [2.45, 2.75) is 6.42 Å². The van der Waals surface area contributed by atoms with Crippen molar-refractivity contribution in [1.29, 1.82) is 0 Å². The highest BCUT2D eigenvalue weighted by molar-refractivity contribution is 5.94. The quantitative estimate of drug-likeness (QED) is 0.876. The van der Waals surface area contributed by atoms with Crippen LogP contribution in [0.1, 0.15) is 15.9 Å². The number of anilines is 1. The van der Waals surface area contributed by atoms with Gasteiger partial charge in [-0.05, 0) is 30.2 Å². The number of piperazine rings is 1. The van der Waals surface area contributed by atoms with Gasteiger partial charge in [0.25, 0.3) is 0 Å². The Kier molecular flexibility index (Phi) is 5.56. The number of ether oxygens (including phenoxy) is 1. The summed E-state index contributed by atoms with van der Waals surface area (Å²) < 4.78 is 5.47. The molecule has 1 saturated heterocycles. The van der Waals surface area contributed by atoms with Crippen molar-refractivity contribution in [2.75, 3.05) is 44.7 Å². The lowest BCUT2D eigenvalue weighted by atomic mass is 10.0. The Morgan fingerprint density at radius 2 is 1.72 bits per heavy atom. The zero-order chi connectivity index (χ0) is 17.6. The first kappa shape index (κ1) is 17.3. The van der Waals surface area contributed by atoms with Crippen molar-refractivity contribution in [3.63, 3.8) is 0 Å². The number of hydrogen-bond donors (Lipinski definition) is 1. The molecular formula is C20H25N3O2. The topological polar surface area (TPSA) is 58.8 Å². The van der Waals surface area contributed by atoms with Gasteiger partial charge in [-0.2, -0.15) is 0 Å². The Bertz CT molecular complexity index is 724. The smallest absolute Gasteiger partial charge is 0.248 e. The summed E-state index contributed by atoms with van der Waals surface area (Å²) in [5, 5.41) is 0. The number of hydrogen-bond acceptors (Lipinski definition) is 4. The second kappa shape index (κ2) is 8.03. The molecule has 0 unspecified atom stereocenters. The van der Waals surface area contributed by atoms with Crippen LogP contribution < -0.4 is 15.4 Å². The molecule has 25 heavy (non-hydrogen) atoms. The lowest BCUT2D eigenvalue weighted by Crippen LogP contribution is -2.47. The SMILES string of the molecule is COc1ccccc1N1CCN(CCc2ccccc2C(N)=O)CC1. The minimum Gasteiger partial charge on any atom is -0.495 e. The maximum absolute atomic E-state index is 11.5. The molecule has 1 fully saturated rings. The number of nitrogens with zero attached hydrogens (tertiary/aromatic N) is 2. The van der Waals surface area contributed by atoms with Gasteiger partial charge in [-0.25, -0.2) is 0 Å². The van der Waals surface area contributed by atoms with E-state index >= 15 is 0 Å². The molecule has 0 spiro atoms. The van der Waals surface area contributed by atoms with E-state index in [1.807, 2.05) is 36.4 Å². The molecule has 0 saturated carbocycles. The van der Waals surface area contributed by atoms with Crippen LogP contribution in [0.5, 0.6) is 5.75 Å². The fourth-order valence-electron chi connectivity index (χ4n) is 3.36. The minimum absolute atomic E-state index is 0.350. The fourth-order valence-corrected chi connectivity index (χ4v) is 3.36. The Morgan fingerprint density at radius 1 is 1.04 bits per heavy atom. The molecule has 2 N–H and O–H groups in total. The van der Waals surface area contributed by atoms with Crippen molar-refractivity contribution in [3.8, 4) is 5.75 Å². The molecule has 1 aliphatic heterocycles. The van der Waals surface area contributed by atoms with Gasteiger partial charge >= 0.3 is 0 Å². The van der Waals surface area contributed by atoms with Gasteiger partial charge in [-0.3, -0.25) is 9.69 Å². The monoisotopic (exact) mass is 339 g/mol. The van der Waals surface area contributed by atoms with Gasteiger partial charge in [0.05, 0.1) is 12.8 Å². The maximum atomic E-state index is 11.5. The van der Waals surface area contributed by atoms with E-state index in [2.05, 4.69) is 15.9 Å². The lowest BCUT2D eigenvalue weighted by molar-refractivity contribution is 0.0999. The highest BCUT2D eigenvalue weighted by atomic mass is 16.5. The molecule has 2 aromatic rings. The van der Waals surface area contributed by atoms with E-state index in [9.17, 15) is 4.79 Å². The summed E-state index contributed by atoms with van der Waals surface area (Å²) >= 11 is 0. The van der Waals surface area contributed by atoms with Crippen LogP contribution in [-0.2, 0) is 6.42 Å². The molecule has 0 bridgehead atoms. The summed E-state index contributed by atoms with van der Waals surface area (Å²) in [6.45, 7) is 4.87. The third kappa shape index (κ3) is 4.12. The van der Waals surface area contributed by atoms with Crippen molar-refractivity contribution in [1.82, 2.24) is 4.90 Å². The van der Waals surface area contributed by atoms with Crippen LogP contribution in [0.25, 0.3) is 0 Å². The third-order valence-corrected chi connectivity index (χ3v) is 4.78. The summed E-state index contributed by atoms with van der Waals surface area (Å²) in [6.07, 6.45) is 0.841. The van der Waals surface area contributed by atoms with E-state index in [0.29, 0.717) is 5.56 Å². The number of carbonyl (C=O) groups is 1. The summed E-state index contributed by atoms with van der Waals surface area (Å²) in [7, 11) is 1.71. The van der Waals surface area contributed by atoms with Crippen LogP contribution in [0.3, 0.4) is 0 Å². The molecule has 1 aliphatic rings. The second-order valence-corrected chi connectivity index (χ2v) is 6.27. The van der Waals surface area contributed by atoms with Crippen molar-refractivity contribution >= 4 is 11.6 Å². The molecule has 1 heterocycles. The normalized spacial score (nSPS) is 15.2. The van der Waals surface area contributed by atoms with Gasteiger partial charge < -0.3 is 15.4 Å². The lowest BCUT2D eigenvalue weighted by Gasteiger charge is -2.36. The minimum atomic E-state index is -0.350. The Morgan fingerprint density at radius 3 is 2.44 bits per heavy atom. The Labute approximate surface area is 149 Å². The Hall–Kier alpha value is -2.53. The molecular weight excluding hydrogens is 314 g/mol. The fraction of sp³-hybridized carbons (Fsp3) is 0.350. The molecule has 2 aromatic carbocycles. The number of carbonyl (C=O) groups excluding carboxylic acids is 1. The number of primary amides is 1. The molecule has 5 heteroatoms. The number of methoxy groups -OCH3 is 1. The van der Waals surface area contributed by atoms with Gasteiger partial charge in [0, 0.05) is 38.3 Å². The first-order valence-corrected chi connectivity index (χ1v) is 8.67. The third-order valence-electron chi connectivity index (χ3n) is 4.78. The molecule has 5 nitrogen and oxygen atoms in total. The van der Waals surface area contributed by atoms with Crippen LogP contribution in [0, 0.1) is 0 Å². The van der Waals surface area contributed by atoms with Gasteiger partial charge in [-0.1, -0.05) is 30.3 Å². The number of nitrogens with two attached hydrogens (primary N) is 1. The van der Waals surface area contributed by atoms with Gasteiger partial charge in [-0.15, -0.1) is 0 Å². The predicted molar refractivity (Wildman–Crippen MR) is 100 cm³/mol. The molecule has 1 amide bonds. The van der Waals surface area contributed by atoms with E-state index in [0.717, 1.165) is 56.1 Å². The van der Waals surface area contributed by atoms with E-state index < -0.39 is 0 Å². The molecule has 0 atom stereocenters. The van der Waals surface area contributed by atoms with Crippen LogP contribution in [0.15, 0.2) is 48.5 Å². The first-order valence-electron chi connectivity index (χ1n) is 8.67. The summed E-state index contributed by atoms with van der Waals surface area (Å²) in [5.41, 5.74) is 8.28. The summed E-state index contributed by atoms with van der Waals surface area (Å²) in [4.78, 5) is 16.3. The zero-order valence-electron chi connectivity index (χ0n) is 14.6. The maximum Gasteiger partial charge on any atom is 0.248 e. The first-order chi connectivity index (χ1) is 12.2. The van der Waals surface area contributed by atoms with Gasteiger partial charge in [0.1, 0.15) is 5.75 Å². The van der Waals surface area contributed by atoms with Gasteiger partial charge in [0.15, 0.2) is 0 Å². The van der Waals surface area contributed by atoms with Crippen LogP contribution in [0.2, 0.25) is 0 Å². The number of rotatable bonds is 6. The van der Waals surface area contributed by atoms with E-state index in [-0.39, 0.29) is 5.91 Å². The summed E-state index contributed by atoms with van der Waals surface area (Å²) in [6, 6.07) is 15.8. The average molecular weight is 339 g/mol. The largest absolute Gasteiger partial charge is 0.495 e. The van der Waals surface area contributed by atoms with Crippen molar-refractivity contribution in [3.05, 3.63) is 59.7 Å². The summed E-state index contributed by atoms with van der Waals surface area (Å²) in [5.74, 6) is 0.572. The second-order valence-electron chi connectivity index (χ2n) is 6.27. The highest BCUT2D eigenvalue weighted by Crippen LogP contribution is 2.28. The van der Waals surface area contributed by atoms with E-state index in [4.69, 9.17) is 10.5 Å². The highest BCUT2D eigenvalue weighted by Gasteiger charge is 2.19.